The Balaban J connectivity index is 2.91. The summed E-state index contributed by atoms with van der Waals surface area (Å²) in [5.74, 6) is 0. The molecule has 0 aromatic rings. The van der Waals surface area contributed by atoms with Gasteiger partial charge in [-0.15, -0.1) is 0 Å². The van der Waals surface area contributed by atoms with Gasteiger partial charge in [-0.1, -0.05) is 0 Å². The van der Waals surface area contributed by atoms with Gasteiger partial charge in [-0.05, 0) is 12.3 Å². The summed E-state index contributed by atoms with van der Waals surface area (Å²) in [5.41, 5.74) is 0. The van der Waals surface area contributed by atoms with E-state index < -0.39 is 0 Å². The number of aldehydes is 1. The number of aliphatic hydroxyl groups excluding tert-OH is 1. The normalized spacial score (nSPS) is 9.62. The number of allylic oxidation sites excluding steroid dienone is 1. The topological polar surface area (TPSA) is 49.3 Å². The van der Waals surface area contributed by atoms with Crippen LogP contribution >= 0.6 is 0 Å². The Bertz CT molecular complexity index is 80.5. The van der Waals surface area contributed by atoms with Crippen LogP contribution in [0.25, 0.3) is 0 Å². The quantitative estimate of drug-likeness (QED) is 0.289. The third-order valence-corrected chi connectivity index (χ3v) is 0.549. The van der Waals surface area contributed by atoms with Crippen LogP contribution in [0.1, 0.15) is 0 Å². The van der Waals surface area contributed by atoms with Crippen molar-refractivity contribution >= 4 is 6.29 Å². The highest BCUT2D eigenvalue weighted by molar-refractivity contribution is 5.64. The van der Waals surface area contributed by atoms with Gasteiger partial charge in [0.05, 0.1) is 6.61 Å². The van der Waals surface area contributed by atoms with Crippen molar-refractivity contribution in [1.29, 1.82) is 0 Å². The number of aliphatic hydroxyl groups is 1. The molecule has 0 aromatic heterocycles. The lowest BCUT2D eigenvalue weighted by atomic mass is 10.6. The Morgan fingerprint density at radius 3 is 2.88 bits per heavy atom. The lowest BCUT2D eigenvalue weighted by molar-refractivity contribution is -0.104. The molecule has 0 unspecified atom stereocenters. The van der Waals surface area contributed by atoms with Crippen molar-refractivity contribution < 1.29 is 9.90 Å². The molecule has 0 saturated heterocycles. The molecule has 8 heavy (non-hydrogen) atoms. The molecule has 0 fully saturated rings. The minimum atomic E-state index is 0.0865. The van der Waals surface area contributed by atoms with Crippen molar-refractivity contribution in [2.75, 3.05) is 13.2 Å². The number of hydrogen-bond acceptors (Lipinski definition) is 3. The minimum absolute atomic E-state index is 0.0865. The first-order chi connectivity index (χ1) is 3.91. The van der Waals surface area contributed by atoms with Gasteiger partial charge in [0, 0.05) is 6.54 Å². The van der Waals surface area contributed by atoms with E-state index in [0.29, 0.717) is 12.8 Å². The maximum Gasteiger partial charge on any atom is 0.144 e. The summed E-state index contributed by atoms with van der Waals surface area (Å²) < 4.78 is 0. The smallest absolute Gasteiger partial charge is 0.144 e. The van der Waals surface area contributed by atoms with E-state index in [4.69, 9.17) is 5.11 Å². The summed E-state index contributed by atoms with van der Waals surface area (Å²) in [4.78, 5) is 9.58. The summed E-state index contributed by atoms with van der Waals surface area (Å²) in [6.07, 6.45) is 3.49. The summed E-state index contributed by atoms with van der Waals surface area (Å²) in [5, 5.41) is 10.9. The molecule has 46 valence electrons. The summed E-state index contributed by atoms with van der Waals surface area (Å²) >= 11 is 0. The van der Waals surface area contributed by atoms with Gasteiger partial charge in [-0.2, -0.15) is 0 Å². The first kappa shape index (κ1) is 7.17. The molecule has 2 N–H and O–H groups in total. The summed E-state index contributed by atoms with van der Waals surface area (Å²) in [7, 11) is 0. The second-order valence-electron chi connectivity index (χ2n) is 1.17. The van der Waals surface area contributed by atoms with Gasteiger partial charge in [0.25, 0.3) is 0 Å². The fraction of sp³-hybridized carbons (Fsp3) is 0.400. The van der Waals surface area contributed by atoms with Crippen LogP contribution in [0.15, 0.2) is 12.3 Å². The van der Waals surface area contributed by atoms with E-state index in [1.807, 2.05) is 0 Å². The molecular weight excluding hydrogens is 106 g/mol. The molecule has 3 heteroatoms. The first-order valence-electron chi connectivity index (χ1n) is 2.36. The summed E-state index contributed by atoms with van der Waals surface area (Å²) in [6, 6.07) is 0. The molecule has 3 nitrogen and oxygen atoms in total. The van der Waals surface area contributed by atoms with Gasteiger partial charge in [0.15, 0.2) is 0 Å². The molecule has 0 saturated carbocycles. The third kappa shape index (κ3) is 5.17. The molecule has 0 heterocycles. The average molecular weight is 115 g/mol. The number of hydrogen-bond donors (Lipinski definition) is 2. The van der Waals surface area contributed by atoms with E-state index in [9.17, 15) is 4.79 Å². The Labute approximate surface area is 48.0 Å². The first-order valence-corrected chi connectivity index (χ1v) is 2.36. The monoisotopic (exact) mass is 115 g/mol. The molecule has 0 amide bonds. The largest absolute Gasteiger partial charge is 0.395 e. The number of nitrogens with one attached hydrogen (secondary N) is 1. The van der Waals surface area contributed by atoms with Gasteiger partial charge in [0.1, 0.15) is 6.29 Å². The fourth-order valence-corrected chi connectivity index (χ4v) is 0.255. The Morgan fingerprint density at radius 1 is 1.62 bits per heavy atom. The Hall–Kier alpha value is -0.830. The average Bonchev–Trinajstić information content (AvgIpc) is 1.81. The lowest BCUT2D eigenvalue weighted by Gasteiger charge is -1.90. The van der Waals surface area contributed by atoms with Crippen LogP contribution in [0.3, 0.4) is 0 Å². The number of carbonyl (C=O) groups is 1. The molecular formula is C5H9NO2. The molecule has 0 radical (unpaired) electrons. The van der Waals surface area contributed by atoms with Gasteiger partial charge in [-0.25, -0.2) is 0 Å². The molecule has 0 atom stereocenters. The van der Waals surface area contributed by atoms with E-state index in [-0.39, 0.29) is 6.61 Å². The molecule has 0 bridgehead atoms. The Morgan fingerprint density at radius 2 is 2.38 bits per heavy atom. The van der Waals surface area contributed by atoms with E-state index in [1.165, 1.54) is 12.3 Å². The highest BCUT2D eigenvalue weighted by Gasteiger charge is 1.71. The number of carbonyl (C=O) groups excluding carboxylic acids is 1. The molecule has 0 aromatic carbocycles. The zero-order chi connectivity index (χ0) is 6.24. The Kier molecular flexibility index (Phi) is 5.53. The van der Waals surface area contributed by atoms with Crippen LogP contribution in [0.4, 0.5) is 0 Å². The van der Waals surface area contributed by atoms with Crippen molar-refractivity contribution in [3.63, 3.8) is 0 Å². The summed E-state index contributed by atoms with van der Waals surface area (Å²) in [6.45, 7) is 0.577. The van der Waals surface area contributed by atoms with E-state index in [1.54, 1.807) is 0 Å². The van der Waals surface area contributed by atoms with Crippen LogP contribution in [0.2, 0.25) is 0 Å². The molecule has 0 aliphatic heterocycles. The van der Waals surface area contributed by atoms with Gasteiger partial charge in [-0.3, -0.25) is 4.79 Å². The van der Waals surface area contributed by atoms with Crippen LogP contribution in [-0.4, -0.2) is 24.5 Å². The zero-order valence-corrected chi connectivity index (χ0v) is 4.50. The maximum absolute atomic E-state index is 9.58. The van der Waals surface area contributed by atoms with Crippen LogP contribution < -0.4 is 5.32 Å². The predicted molar refractivity (Wildman–Crippen MR) is 30.3 cm³/mol. The van der Waals surface area contributed by atoms with Gasteiger partial charge >= 0.3 is 0 Å². The van der Waals surface area contributed by atoms with Crippen molar-refractivity contribution in [1.82, 2.24) is 5.32 Å². The van der Waals surface area contributed by atoms with Crippen LogP contribution in [0, 0.1) is 0 Å². The lowest BCUT2D eigenvalue weighted by Crippen LogP contribution is -2.10. The molecule has 0 rings (SSSR count). The fourth-order valence-electron chi connectivity index (χ4n) is 0.255. The molecule has 0 spiro atoms. The minimum Gasteiger partial charge on any atom is -0.395 e. The van der Waals surface area contributed by atoms with Crippen LogP contribution in [-0.2, 0) is 4.79 Å². The van der Waals surface area contributed by atoms with Gasteiger partial charge in [0.2, 0.25) is 0 Å². The van der Waals surface area contributed by atoms with Crippen molar-refractivity contribution in [2.24, 2.45) is 0 Å². The van der Waals surface area contributed by atoms with E-state index in [0.717, 1.165) is 0 Å². The van der Waals surface area contributed by atoms with Crippen molar-refractivity contribution in [3.8, 4) is 0 Å². The predicted octanol–water partition coefficient (Wildman–Crippen LogP) is -0.719. The molecule has 0 aliphatic rings. The van der Waals surface area contributed by atoms with Crippen LogP contribution in [0.5, 0.6) is 0 Å². The van der Waals surface area contributed by atoms with Crippen molar-refractivity contribution in [3.05, 3.63) is 12.3 Å². The second-order valence-corrected chi connectivity index (χ2v) is 1.17. The van der Waals surface area contributed by atoms with Gasteiger partial charge < -0.3 is 10.4 Å². The van der Waals surface area contributed by atoms with Crippen molar-refractivity contribution in [2.45, 2.75) is 0 Å². The highest BCUT2D eigenvalue weighted by Crippen LogP contribution is 1.58. The van der Waals surface area contributed by atoms with E-state index >= 15 is 0 Å². The SMILES string of the molecule is O=CC=CNCCO. The van der Waals surface area contributed by atoms with E-state index in [2.05, 4.69) is 5.32 Å². The highest BCUT2D eigenvalue weighted by atomic mass is 16.3. The zero-order valence-electron chi connectivity index (χ0n) is 4.50. The maximum atomic E-state index is 9.58. The third-order valence-electron chi connectivity index (χ3n) is 0.549. The second kappa shape index (κ2) is 6.17. The standard InChI is InChI=1S/C5H9NO2/c7-4-1-2-6-3-5-8/h1-2,4,6,8H,3,5H2. The number of rotatable bonds is 4. The molecule has 0 aliphatic carbocycles.